The van der Waals surface area contributed by atoms with E-state index in [1.165, 1.54) is 0 Å². The molecule has 0 radical (unpaired) electrons. The number of para-hydroxylation sites is 1. The van der Waals surface area contributed by atoms with Crippen LogP contribution in [-0.2, 0) is 6.42 Å². The second-order valence-electron chi connectivity index (χ2n) is 8.78. The number of nitrogens with one attached hydrogen (secondary N) is 1. The fraction of sp³-hybridized carbons (Fsp3) is 0.440. The van der Waals surface area contributed by atoms with Crippen LogP contribution in [0.25, 0.3) is 5.70 Å². The smallest absolute Gasteiger partial charge is 0.225 e. The number of allylic oxidation sites excluding steroid dienone is 1. The molecular formula is C25H38N8O. The van der Waals surface area contributed by atoms with E-state index < -0.39 is 0 Å². The van der Waals surface area contributed by atoms with E-state index in [0.717, 1.165) is 37.3 Å². The second kappa shape index (κ2) is 11.6. The van der Waals surface area contributed by atoms with Crippen molar-refractivity contribution in [1.82, 2.24) is 20.2 Å². The lowest BCUT2D eigenvalue weighted by Crippen LogP contribution is -2.58. The van der Waals surface area contributed by atoms with E-state index in [1.807, 2.05) is 25.5 Å². The van der Waals surface area contributed by atoms with Crippen molar-refractivity contribution in [2.24, 2.45) is 17.2 Å². The number of aromatic nitrogens is 2. The first-order valence-corrected chi connectivity index (χ1v) is 11.8. The van der Waals surface area contributed by atoms with E-state index in [-0.39, 0.29) is 23.7 Å². The highest BCUT2D eigenvalue weighted by molar-refractivity contribution is 5.70. The van der Waals surface area contributed by atoms with Gasteiger partial charge in [-0.05, 0) is 63.6 Å². The predicted molar refractivity (Wildman–Crippen MR) is 138 cm³/mol. The van der Waals surface area contributed by atoms with E-state index in [4.69, 9.17) is 17.2 Å². The molecule has 0 saturated carbocycles. The zero-order valence-electron chi connectivity index (χ0n) is 20.4. The minimum atomic E-state index is 0.113. The molecule has 1 saturated heterocycles. The first kappa shape index (κ1) is 25.2. The molecule has 9 nitrogen and oxygen atoms in total. The van der Waals surface area contributed by atoms with Crippen molar-refractivity contribution in [3.63, 3.8) is 0 Å². The zero-order chi connectivity index (χ0) is 24.7. The molecule has 9 heteroatoms. The van der Waals surface area contributed by atoms with Gasteiger partial charge in [0.15, 0.2) is 0 Å². The maximum atomic E-state index is 10.2. The van der Waals surface area contributed by atoms with Crippen molar-refractivity contribution >= 4 is 11.6 Å². The first-order valence-electron chi connectivity index (χ1n) is 11.8. The molecule has 0 amide bonds. The standard InChI is InChI=1S/C25H38N8O/c1-4-19-16-32(22(24(27)28)12-21(26)20-9-5-6-10-23(20)34)15-17(2)33(19)25-30-13-18(14-31-25)8-7-11-29-3/h5-6,9-10,12-14,17,19,29,34H,4,7-8,11,15-16,26-28H2,1-3H3/b21-12-. The van der Waals surface area contributed by atoms with E-state index in [2.05, 4.69) is 38.9 Å². The van der Waals surface area contributed by atoms with Gasteiger partial charge >= 0.3 is 0 Å². The number of nitrogens with zero attached hydrogens (tertiary/aromatic N) is 4. The highest BCUT2D eigenvalue weighted by atomic mass is 16.3. The average Bonchev–Trinajstić information content (AvgIpc) is 2.82. The van der Waals surface area contributed by atoms with Crippen molar-refractivity contribution in [3.05, 3.63) is 65.4 Å². The molecule has 34 heavy (non-hydrogen) atoms. The summed E-state index contributed by atoms with van der Waals surface area (Å²) in [6, 6.07) is 7.25. The van der Waals surface area contributed by atoms with E-state index in [1.54, 1.807) is 24.3 Å². The van der Waals surface area contributed by atoms with Gasteiger partial charge in [0.05, 0.1) is 5.70 Å². The molecule has 2 unspecified atom stereocenters. The van der Waals surface area contributed by atoms with Gasteiger partial charge in [0.2, 0.25) is 5.95 Å². The Labute approximate surface area is 202 Å². The number of hydrogen-bond donors (Lipinski definition) is 5. The van der Waals surface area contributed by atoms with Crippen LogP contribution in [0.4, 0.5) is 5.95 Å². The van der Waals surface area contributed by atoms with Gasteiger partial charge in [-0.25, -0.2) is 9.97 Å². The van der Waals surface area contributed by atoms with Crippen LogP contribution < -0.4 is 27.4 Å². The Bertz CT molecular complexity index is 1000. The summed E-state index contributed by atoms with van der Waals surface area (Å²) < 4.78 is 0. The van der Waals surface area contributed by atoms with Crippen LogP contribution in [0.2, 0.25) is 0 Å². The topological polar surface area (TPSA) is 143 Å². The molecule has 2 atom stereocenters. The van der Waals surface area contributed by atoms with Gasteiger partial charge in [-0.2, -0.15) is 0 Å². The third-order valence-electron chi connectivity index (χ3n) is 6.21. The van der Waals surface area contributed by atoms with Crippen molar-refractivity contribution in [3.8, 4) is 5.75 Å². The predicted octanol–water partition coefficient (Wildman–Crippen LogP) is 1.71. The lowest BCUT2D eigenvalue weighted by Gasteiger charge is -2.46. The van der Waals surface area contributed by atoms with Gasteiger partial charge in [0.25, 0.3) is 0 Å². The fourth-order valence-electron chi connectivity index (χ4n) is 4.45. The van der Waals surface area contributed by atoms with Crippen molar-refractivity contribution in [1.29, 1.82) is 0 Å². The van der Waals surface area contributed by atoms with E-state index in [9.17, 15) is 5.11 Å². The summed E-state index contributed by atoms with van der Waals surface area (Å²) >= 11 is 0. The average molecular weight is 467 g/mol. The molecule has 184 valence electrons. The van der Waals surface area contributed by atoms with E-state index in [0.29, 0.717) is 30.0 Å². The first-order chi connectivity index (χ1) is 16.3. The van der Waals surface area contributed by atoms with Gasteiger partial charge in [-0.1, -0.05) is 19.1 Å². The molecule has 2 heterocycles. The monoisotopic (exact) mass is 466 g/mol. The van der Waals surface area contributed by atoms with Crippen molar-refractivity contribution < 1.29 is 5.11 Å². The summed E-state index contributed by atoms with van der Waals surface area (Å²) in [5.74, 6) is 1.05. The largest absolute Gasteiger partial charge is 0.507 e. The van der Waals surface area contributed by atoms with E-state index >= 15 is 0 Å². The minimum Gasteiger partial charge on any atom is -0.507 e. The Balaban J connectivity index is 1.80. The molecule has 1 fully saturated rings. The third-order valence-corrected chi connectivity index (χ3v) is 6.21. The summed E-state index contributed by atoms with van der Waals surface area (Å²) in [7, 11) is 1.96. The zero-order valence-corrected chi connectivity index (χ0v) is 20.4. The summed E-state index contributed by atoms with van der Waals surface area (Å²) in [5, 5.41) is 13.3. The van der Waals surface area contributed by atoms with Gasteiger partial charge in [-0.3, -0.25) is 0 Å². The lowest BCUT2D eigenvalue weighted by atomic mass is 10.0. The van der Waals surface area contributed by atoms with Crippen molar-refractivity contribution in [2.75, 3.05) is 31.6 Å². The van der Waals surface area contributed by atoms with Crippen LogP contribution in [0, 0.1) is 0 Å². The minimum absolute atomic E-state index is 0.113. The number of benzene rings is 1. The van der Waals surface area contributed by atoms with Crippen LogP contribution in [0.1, 0.15) is 37.8 Å². The van der Waals surface area contributed by atoms with Gasteiger partial charge in [-0.15, -0.1) is 0 Å². The van der Waals surface area contributed by atoms with Gasteiger partial charge in [0.1, 0.15) is 11.6 Å². The molecule has 1 aromatic carbocycles. The lowest BCUT2D eigenvalue weighted by molar-refractivity contribution is 0.238. The Morgan fingerprint density at radius 2 is 1.88 bits per heavy atom. The number of hydrogen-bond acceptors (Lipinski definition) is 9. The number of piperazine rings is 1. The van der Waals surface area contributed by atoms with Gasteiger partial charge in [0, 0.05) is 48.8 Å². The highest BCUT2D eigenvalue weighted by Crippen LogP contribution is 2.28. The number of nitrogens with two attached hydrogens (primary N) is 3. The summed E-state index contributed by atoms with van der Waals surface area (Å²) in [4.78, 5) is 13.8. The van der Waals surface area contributed by atoms with Crippen LogP contribution >= 0.6 is 0 Å². The number of anilines is 1. The maximum absolute atomic E-state index is 10.2. The Kier molecular flexibility index (Phi) is 8.59. The SMILES string of the molecule is CCC1CN(C(/C=C(\N)c2ccccc2O)=C(N)N)CC(C)N1c1ncc(CCCNC)cn1. The molecule has 0 bridgehead atoms. The van der Waals surface area contributed by atoms with Crippen LogP contribution in [0.5, 0.6) is 5.75 Å². The molecule has 1 aliphatic heterocycles. The molecule has 1 aliphatic rings. The van der Waals surface area contributed by atoms with Crippen LogP contribution in [0.3, 0.4) is 0 Å². The number of phenolic OH excluding ortho intramolecular Hbond substituents is 1. The quantitative estimate of drug-likeness (QED) is 0.276. The number of aromatic hydroxyl groups is 1. The Morgan fingerprint density at radius 3 is 2.50 bits per heavy atom. The molecule has 0 spiro atoms. The summed E-state index contributed by atoms with van der Waals surface area (Å²) in [5.41, 5.74) is 21.2. The molecule has 2 aromatic rings. The number of phenols is 1. The fourth-order valence-corrected chi connectivity index (χ4v) is 4.45. The highest BCUT2D eigenvalue weighted by Gasteiger charge is 2.34. The van der Waals surface area contributed by atoms with Crippen LogP contribution in [0.15, 0.2) is 54.3 Å². The normalized spacial score (nSPS) is 18.7. The molecule has 8 N–H and O–H groups in total. The molecule has 0 aliphatic carbocycles. The van der Waals surface area contributed by atoms with Crippen molar-refractivity contribution in [2.45, 2.75) is 45.2 Å². The van der Waals surface area contributed by atoms with Gasteiger partial charge < -0.3 is 37.4 Å². The van der Waals surface area contributed by atoms with Crippen LogP contribution in [-0.4, -0.2) is 58.7 Å². The summed E-state index contributed by atoms with van der Waals surface area (Å²) in [6.07, 6.45) is 8.53. The third kappa shape index (κ3) is 5.91. The number of aryl methyl sites for hydroxylation is 1. The maximum Gasteiger partial charge on any atom is 0.225 e. The summed E-state index contributed by atoms with van der Waals surface area (Å²) in [6.45, 7) is 6.66. The Morgan fingerprint density at radius 1 is 1.18 bits per heavy atom. The second-order valence-corrected chi connectivity index (χ2v) is 8.78. The molecule has 1 aromatic heterocycles. The number of rotatable bonds is 9. The Hall–Kier alpha value is -3.46. The molecular weight excluding hydrogens is 428 g/mol. The molecule has 3 rings (SSSR count).